The molecule has 27 heavy (non-hydrogen) atoms. The molecule has 1 aliphatic rings. The Bertz CT molecular complexity index is 959. The third kappa shape index (κ3) is 3.76. The van der Waals surface area contributed by atoms with Gasteiger partial charge in [-0.15, -0.1) is 5.10 Å². The van der Waals surface area contributed by atoms with E-state index in [2.05, 4.69) is 30.3 Å². The number of benzene rings is 1. The van der Waals surface area contributed by atoms with Crippen LogP contribution in [0, 0.1) is 5.82 Å². The molecular formula is C16H16ClFN8O. The van der Waals surface area contributed by atoms with Crippen LogP contribution >= 0.6 is 11.6 Å². The Morgan fingerprint density at radius 3 is 2.74 bits per heavy atom. The predicted octanol–water partition coefficient (Wildman–Crippen LogP) is 2.01. The van der Waals surface area contributed by atoms with E-state index in [-0.39, 0.29) is 22.7 Å². The normalized spacial score (nSPS) is 14.4. The molecular weight excluding hydrogens is 375 g/mol. The number of ether oxygens (including phenoxy) is 1. The average Bonchev–Trinajstić information content (AvgIpc) is 3.04. The van der Waals surface area contributed by atoms with E-state index in [9.17, 15) is 4.39 Å². The number of nitrogen functional groups attached to an aromatic ring is 1. The fourth-order valence-corrected chi connectivity index (χ4v) is 2.87. The number of hydrogen-bond acceptors (Lipinski definition) is 8. The van der Waals surface area contributed by atoms with E-state index < -0.39 is 5.82 Å². The summed E-state index contributed by atoms with van der Waals surface area (Å²) < 4.78 is 21.1. The van der Waals surface area contributed by atoms with Crippen molar-refractivity contribution in [3.63, 3.8) is 0 Å². The maximum absolute atomic E-state index is 14.5. The lowest BCUT2D eigenvalue weighted by Gasteiger charge is -2.29. The zero-order valence-electron chi connectivity index (χ0n) is 14.1. The molecule has 140 valence electrons. The van der Waals surface area contributed by atoms with E-state index in [1.54, 1.807) is 6.07 Å². The molecule has 4 rings (SSSR count). The highest BCUT2D eigenvalue weighted by Crippen LogP contribution is 2.25. The summed E-state index contributed by atoms with van der Waals surface area (Å²) >= 11 is 5.85. The lowest BCUT2D eigenvalue weighted by Crippen LogP contribution is -2.36. The molecule has 0 atom stereocenters. The Labute approximate surface area is 158 Å². The summed E-state index contributed by atoms with van der Waals surface area (Å²) in [5.41, 5.74) is 6.91. The minimum atomic E-state index is -0.418. The molecule has 0 bridgehead atoms. The van der Waals surface area contributed by atoms with Gasteiger partial charge in [-0.1, -0.05) is 11.6 Å². The number of anilines is 4. The van der Waals surface area contributed by atoms with Gasteiger partial charge in [0.25, 0.3) is 0 Å². The second-order valence-corrected chi connectivity index (χ2v) is 6.18. The topological polar surface area (TPSA) is 107 Å². The molecule has 1 aliphatic heterocycles. The van der Waals surface area contributed by atoms with Gasteiger partial charge in [-0.25, -0.2) is 14.4 Å². The molecule has 11 heteroatoms. The number of morpholine rings is 1. The quantitative estimate of drug-likeness (QED) is 0.651. The highest BCUT2D eigenvalue weighted by Gasteiger charge is 2.15. The van der Waals surface area contributed by atoms with Crippen molar-refractivity contribution in [2.75, 3.05) is 42.3 Å². The van der Waals surface area contributed by atoms with E-state index in [0.29, 0.717) is 19.0 Å². The first-order valence-electron chi connectivity index (χ1n) is 8.20. The highest BCUT2D eigenvalue weighted by atomic mass is 35.5. The number of aromatic nitrogens is 5. The van der Waals surface area contributed by atoms with E-state index in [0.717, 1.165) is 18.8 Å². The van der Waals surface area contributed by atoms with Gasteiger partial charge in [0.05, 0.1) is 18.9 Å². The molecule has 0 unspecified atom stereocenters. The van der Waals surface area contributed by atoms with Crippen LogP contribution in [0.2, 0.25) is 5.15 Å². The fourth-order valence-electron chi connectivity index (χ4n) is 2.73. The SMILES string of the molecule is Nc1nc(Nc2ccc(N3CCOCC3)cc2F)nn1-c1cc(Cl)ncn1. The van der Waals surface area contributed by atoms with Gasteiger partial charge in [0.15, 0.2) is 5.82 Å². The van der Waals surface area contributed by atoms with Gasteiger partial charge in [-0.2, -0.15) is 9.67 Å². The molecule has 1 saturated heterocycles. The number of halogens is 2. The molecule has 3 N–H and O–H groups in total. The van der Waals surface area contributed by atoms with Gasteiger partial charge < -0.3 is 20.7 Å². The maximum atomic E-state index is 14.5. The second-order valence-electron chi connectivity index (χ2n) is 5.79. The molecule has 0 spiro atoms. The van der Waals surface area contributed by atoms with Crippen LogP contribution in [-0.2, 0) is 4.74 Å². The van der Waals surface area contributed by atoms with Crippen LogP contribution in [0.25, 0.3) is 5.82 Å². The van der Waals surface area contributed by atoms with Crippen molar-refractivity contribution in [3.8, 4) is 5.82 Å². The Hall–Kier alpha value is -2.98. The lowest BCUT2D eigenvalue weighted by molar-refractivity contribution is 0.122. The lowest BCUT2D eigenvalue weighted by atomic mass is 10.2. The van der Waals surface area contributed by atoms with E-state index in [4.69, 9.17) is 22.1 Å². The van der Waals surface area contributed by atoms with Crippen molar-refractivity contribution in [2.24, 2.45) is 0 Å². The Kier molecular flexibility index (Phi) is 4.73. The largest absolute Gasteiger partial charge is 0.378 e. The molecule has 3 aromatic rings. The minimum Gasteiger partial charge on any atom is -0.378 e. The standard InChI is InChI=1S/C16H16ClFN8O/c17-13-8-14(21-9-20-13)26-15(19)23-16(24-26)22-12-2-1-10(7-11(12)18)25-3-5-27-6-4-25/h1-2,7-9H,3-6H2,(H3,19,22,23,24). The van der Waals surface area contributed by atoms with E-state index >= 15 is 0 Å². The highest BCUT2D eigenvalue weighted by molar-refractivity contribution is 6.29. The monoisotopic (exact) mass is 390 g/mol. The van der Waals surface area contributed by atoms with Crippen LogP contribution in [-0.4, -0.2) is 51.0 Å². The third-order valence-electron chi connectivity index (χ3n) is 4.04. The molecule has 9 nitrogen and oxygen atoms in total. The van der Waals surface area contributed by atoms with Gasteiger partial charge in [0, 0.05) is 24.8 Å². The van der Waals surface area contributed by atoms with Crippen LogP contribution in [0.3, 0.4) is 0 Å². The Morgan fingerprint density at radius 2 is 2.00 bits per heavy atom. The predicted molar refractivity (Wildman–Crippen MR) is 99.1 cm³/mol. The molecule has 0 saturated carbocycles. The average molecular weight is 391 g/mol. The molecule has 0 radical (unpaired) electrons. The Morgan fingerprint density at radius 1 is 1.19 bits per heavy atom. The molecule has 0 aliphatic carbocycles. The van der Waals surface area contributed by atoms with E-state index in [1.807, 2.05) is 6.07 Å². The molecule has 0 amide bonds. The summed E-state index contributed by atoms with van der Waals surface area (Å²) in [6.45, 7) is 2.73. The van der Waals surface area contributed by atoms with Gasteiger partial charge in [-0.05, 0) is 18.2 Å². The summed E-state index contributed by atoms with van der Waals surface area (Å²) in [4.78, 5) is 14.0. The number of nitrogens with two attached hydrogens (primary N) is 1. The number of rotatable bonds is 4. The van der Waals surface area contributed by atoms with Crippen molar-refractivity contribution in [3.05, 3.63) is 41.6 Å². The van der Waals surface area contributed by atoms with Gasteiger partial charge in [0.1, 0.15) is 17.3 Å². The number of hydrogen-bond donors (Lipinski definition) is 2. The smallest absolute Gasteiger partial charge is 0.248 e. The van der Waals surface area contributed by atoms with E-state index in [1.165, 1.54) is 23.1 Å². The van der Waals surface area contributed by atoms with Crippen LogP contribution in [0.4, 0.5) is 27.7 Å². The summed E-state index contributed by atoms with van der Waals surface area (Å²) in [6.07, 6.45) is 1.29. The molecule has 1 aromatic carbocycles. The Balaban J connectivity index is 1.55. The van der Waals surface area contributed by atoms with Crippen molar-refractivity contribution in [1.82, 2.24) is 24.7 Å². The first kappa shape index (κ1) is 17.4. The number of nitrogens with one attached hydrogen (secondary N) is 1. The fraction of sp³-hybridized carbons (Fsp3) is 0.250. The van der Waals surface area contributed by atoms with Crippen LogP contribution in [0.5, 0.6) is 0 Å². The maximum Gasteiger partial charge on any atom is 0.248 e. The van der Waals surface area contributed by atoms with Crippen molar-refractivity contribution < 1.29 is 9.13 Å². The second kappa shape index (κ2) is 7.33. The van der Waals surface area contributed by atoms with Gasteiger partial charge >= 0.3 is 0 Å². The molecule has 2 aromatic heterocycles. The summed E-state index contributed by atoms with van der Waals surface area (Å²) in [5, 5.41) is 7.27. The summed E-state index contributed by atoms with van der Waals surface area (Å²) in [5.74, 6) is 0.160. The third-order valence-corrected chi connectivity index (χ3v) is 4.25. The van der Waals surface area contributed by atoms with Crippen LogP contribution in [0.1, 0.15) is 0 Å². The summed E-state index contributed by atoms with van der Waals surface area (Å²) in [6, 6.07) is 6.44. The summed E-state index contributed by atoms with van der Waals surface area (Å²) in [7, 11) is 0. The van der Waals surface area contributed by atoms with Gasteiger partial charge in [0.2, 0.25) is 11.9 Å². The van der Waals surface area contributed by atoms with Crippen LogP contribution in [0.15, 0.2) is 30.6 Å². The van der Waals surface area contributed by atoms with Gasteiger partial charge in [-0.3, -0.25) is 0 Å². The zero-order valence-corrected chi connectivity index (χ0v) is 14.9. The number of nitrogens with zero attached hydrogens (tertiary/aromatic N) is 6. The van der Waals surface area contributed by atoms with Crippen molar-refractivity contribution >= 4 is 34.9 Å². The van der Waals surface area contributed by atoms with Crippen molar-refractivity contribution in [2.45, 2.75) is 0 Å². The molecule has 1 fully saturated rings. The first-order chi connectivity index (χ1) is 13.1. The zero-order chi connectivity index (χ0) is 18.8. The first-order valence-corrected chi connectivity index (χ1v) is 8.58. The van der Waals surface area contributed by atoms with Crippen LogP contribution < -0.4 is 16.0 Å². The van der Waals surface area contributed by atoms with Crippen molar-refractivity contribution in [1.29, 1.82) is 0 Å². The minimum absolute atomic E-state index is 0.0811. The molecule has 3 heterocycles.